The molecular formula is C26H21BrF3NO2. The van der Waals surface area contributed by atoms with Gasteiger partial charge in [0.25, 0.3) is 0 Å². The van der Waals surface area contributed by atoms with Crippen molar-refractivity contribution in [2.75, 3.05) is 13.2 Å². The first kappa shape index (κ1) is 23.1. The normalized spacial score (nSPS) is 13.1. The van der Waals surface area contributed by atoms with Crippen LogP contribution in [-0.4, -0.2) is 19.2 Å². The van der Waals surface area contributed by atoms with Crippen LogP contribution in [0.25, 0.3) is 17.2 Å². The highest BCUT2D eigenvalue weighted by Crippen LogP contribution is 2.44. The maximum absolute atomic E-state index is 13.2. The van der Waals surface area contributed by atoms with Gasteiger partial charge in [-0.3, -0.25) is 0 Å². The number of amides is 1. The molecule has 0 spiro atoms. The predicted octanol–water partition coefficient (Wildman–Crippen LogP) is 7.41. The van der Waals surface area contributed by atoms with E-state index in [9.17, 15) is 18.0 Å². The number of nitrogens with one attached hydrogen (secondary N) is 1. The van der Waals surface area contributed by atoms with E-state index < -0.39 is 17.8 Å². The van der Waals surface area contributed by atoms with Gasteiger partial charge in [-0.15, -0.1) is 0 Å². The Bertz CT molecular complexity index is 1140. The summed E-state index contributed by atoms with van der Waals surface area (Å²) in [6, 6.07) is 20.2. The van der Waals surface area contributed by atoms with Crippen molar-refractivity contribution in [1.82, 2.24) is 5.32 Å². The lowest BCUT2D eigenvalue weighted by Crippen LogP contribution is -2.26. The van der Waals surface area contributed by atoms with Crippen molar-refractivity contribution < 1.29 is 22.7 Å². The van der Waals surface area contributed by atoms with Gasteiger partial charge in [0.1, 0.15) is 6.61 Å². The highest BCUT2D eigenvalue weighted by Gasteiger charge is 2.33. The number of hydrogen-bond donors (Lipinski definition) is 1. The first-order chi connectivity index (χ1) is 15.8. The maximum atomic E-state index is 13.2. The van der Waals surface area contributed by atoms with Gasteiger partial charge < -0.3 is 10.1 Å². The Morgan fingerprint density at radius 3 is 2.27 bits per heavy atom. The fourth-order valence-corrected chi connectivity index (χ4v) is 4.40. The summed E-state index contributed by atoms with van der Waals surface area (Å²) in [5, 5.41) is 2.65. The average molecular weight is 516 g/mol. The summed E-state index contributed by atoms with van der Waals surface area (Å²) in [5.74, 6) is -0.0266. The van der Waals surface area contributed by atoms with Gasteiger partial charge in [-0.25, -0.2) is 4.79 Å². The Kier molecular flexibility index (Phi) is 6.88. The maximum Gasteiger partial charge on any atom is 0.417 e. The molecule has 0 saturated carbocycles. The molecule has 3 nitrogen and oxygen atoms in total. The van der Waals surface area contributed by atoms with Gasteiger partial charge in [0.2, 0.25) is 0 Å². The second-order valence-corrected chi connectivity index (χ2v) is 8.59. The van der Waals surface area contributed by atoms with Gasteiger partial charge in [-0.2, -0.15) is 13.2 Å². The predicted molar refractivity (Wildman–Crippen MR) is 126 cm³/mol. The molecule has 0 aromatic heterocycles. The summed E-state index contributed by atoms with van der Waals surface area (Å²) in [5.41, 5.74) is 3.93. The second kappa shape index (κ2) is 9.83. The SMILES string of the molecule is O=C(NCCC=Cc1ccc(Br)cc1C(F)(F)F)OCC1c2ccccc2-c2ccccc21. The van der Waals surface area contributed by atoms with Gasteiger partial charge in [0.15, 0.2) is 0 Å². The zero-order chi connectivity index (χ0) is 23.4. The van der Waals surface area contributed by atoms with Crippen molar-refractivity contribution >= 4 is 28.1 Å². The molecule has 0 radical (unpaired) electrons. The molecule has 0 fully saturated rings. The van der Waals surface area contributed by atoms with Crippen molar-refractivity contribution in [2.45, 2.75) is 18.5 Å². The minimum atomic E-state index is -4.44. The van der Waals surface area contributed by atoms with E-state index in [1.165, 1.54) is 12.1 Å². The summed E-state index contributed by atoms with van der Waals surface area (Å²) in [7, 11) is 0. The van der Waals surface area contributed by atoms with Crippen molar-refractivity contribution in [3.8, 4) is 11.1 Å². The Hall–Kier alpha value is -3.06. The zero-order valence-electron chi connectivity index (χ0n) is 17.5. The molecular weight excluding hydrogens is 495 g/mol. The van der Waals surface area contributed by atoms with Crippen LogP contribution in [0.4, 0.5) is 18.0 Å². The number of fused-ring (bicyclic) bond motifs is 3. The van der Waals surface area contributed by atoms with Crippen LogP contribution in [0.5, 0.6) is 0 Å². The zero-order valence-corrected chi connectivity index (χ0v) is 19.1. The number of alkyl carbamates (subject to hydrolysis) is 1. The molecule has 0 saturated heterocycles. The molecule has 0 bridgehead atoms. The molecule has 4 rings (SSSR count). The average Bonchev–Trinajstić information content (AvgIpc) is 3.11. The lowest BCUT2D eigenvalue weighted by molar-refractivity contribution is -0.137. The van der Waals surface area contributed by atoms with Gasteiger partial charge in [-0.1, -0.05) is 82.7 Å². The second-order valence-electron chi connectivity index (χ2n) is 7.67. The molecule has 1 aliphatic carbocycles. The van der Waals surface area contributed by atoms with Crippen LogP contribution in [0.3, 0.4) is 0 Å². The molecule has 3 aromatic rings. The summed E-state index contributed by atoms with van der Waals surface area (Å²) in [6.45, 7) is 0.467. The smallest absolute Gasteiger partial charge is 0.417 e. The fourth-order valence-electron chi connectivity index (χ4n) is 4.04. The van der Waals surface area contributed by atoms with E-state index in [1.807, 2.05) is 36.4 Å². The highest BCUT2D eigenvalue weighted by atomic mass is 79.9. The number of carbonyl (C=O) groups excluding carboxylic acids is 1. The van der Waals surface area contributed by atoms with E-state index in [4.69, 9.17) is 4.74 Å². The van der Waals surface area contributed by atoms with E-state index in [1.54, 1.807) is 12.1 Å². The van der Waals surface area contributed by atoms with Crippen LogP contribution in [0.15, 0.2) is 77.3 Å². The summed E-state index contributed by atoms with van der Waals surface area (Å²) in [6.07, 6.45) is -1.61. The third-order valence-electron chi connectivity index (χ3n) is 5.54. The van der Waals surface area contributed by atoms with Crippen LogP contribution < -0.4 is 5.32 Å². The minimum absolute atomic E-state index is 0.0266. The molecule has 1 N–H and O–H groups in total. The molecule has 7 heteroatoms. The molecule has 33 heavy (non-hydrogen) atoms. The first-order valence-electron chi connectivity index (χ1n) is 10.5. The monoisotopic (exact) mass is 515 g/mol. The van der Waals surface area contributed by atoms with Crippen molar-refractivity contribution in [2.24, 2.45) is 0 Å². The van der Waals surface area contributed by atoms with Crippen molar-refractivity contribution in [3.63, 3.8) is 0 Å². The molecule has 0 unspecified atom stereocenters. The lowest BCUT2D eigenvalue weighted by atomic mass is 9.98. The summed E-state index contributed by atoms with van der Waals surface area (Å²) < 4.78 is 45.4. The lowest BCUT2D eigenvalue weighted by Gasteiger charge is -2.14. The summed E-state index contributed by atoms with van der Waals surface area (Å²) >= 11 is 3.07. The van der Waals surface area contributed by atoms with Crippen LogP contribution in [-0.2, 0) is 10.9 Å². The van der Waals surface area contributed by atoms with Crippen molar-refractivity contribution in [3.05, 3.63) is 99.5 Å². The van der Waals surface area contributed by atoms with Gasteiger partial charge in [-0.05, 0) is 46.4 Å². The number of hydrogen-bond acceptors (Lipinski definition) is 2. The van der Waals surface area contributed by atoms with E-state index in [0.717, 1.165) is 28.3 Å². The quantitative estimate of drug-likeness (QED) is 0.347. The van der Waals surface area contributed by atoms with Crippen LogP contribution in [0, 0.1) is 0 Å². The fraction of sp³-hybridized carbons (Fsp3) is 0.192. The van der Waals surface area contributed by atoms with Gasteiger partial charge >= 0.3 is 12.3 Å². The molecule has 170 valence electrons. The number of benzene rings is 3. The number of halogens is 4. The molecule has 1 amide bonds. The van der Waals surface area contributed by atoms with Crippen LogP contribution in [0.2, 0.25) is 0 Å². The molecule has 0 aliphatic heterocycles. The van der Waals surface area contributed by atoms with E-state index in [-0.39, 0.29) is 24.6 Å². The molecule has 0 atom stereocenters. The first-order valence-corrected chi connectivity index (χ1v) is 11.3. The Morgan fingerprint density at radius 2 is 1.64 bits per heavy atom. The number of rotatable bonds is 6. The number of ether oxygens (including phenoxy) is 1. The van der Waals surface area contributed by atoms with E-state index in [2.05, 4.69) is 33.4 Å². The number of alkyl halides is 3. The highest BCUT2D eigenvalue weighted by molar-refractivity contribution is 9.10. The third kappa shape index (κ3) is 5.30. The minimum Gasteiger partial charge on any atom is -0.449 e. The standard InChI is InChI=1S/C26H21BrF3NO2/c27-18-13-12-17(24(15-18)26(28,29)30)7-5-6-14-31-25(32)33-16-23-21-10-3-1-8-19(21)20-9-2-4-11-22(20)23/h1-5,7-13,15,23H,6,14,16H2,(H,31,32). The van der Waals surface area contributed by atoms with Crippen LogP contribution >= 0.6 is 15.9 Å². The van der Waals surface area contributed by atoms with Gasteiger partial charge in [0, 0.05) is 16.9 Å². The summed E-state index contributed by atoms with van der Waals surface area (Å²) in [4.78, 5) is 12.2. The van der Waals surface area contributed by atoms with Crippen molar-refractivity contribution in [1.29, 1.82) is 0 Å². The topological polar surface area (TPSA) is 38.3 Å². The molecule has 1 aliphatic rings. The third-order valence-corrected chi connectivity index (χ3v) is 6.04. The Morgan fingerprint density at radius 1 is 1.00 bits per heavy atom. The van der Waals surface area contributed by atoms with E-state index >= 15 is 0 Å². The van der Waals surface area contributed by atoms with Crippen LogP contribution in [0.1, 0.15) is 34.6 Å². The van der Waals surface area contributed by atoms with E-state index in [0.29, 0.717) is 10.9 Å². The number of carbonyl (C=O) groups is 1. The largest absolute Gasteiger partial charge is 0.449 e. The van der Waals surface area contributed by atoms with Gasteiger partial charge in [0.05, 0.1) is 5.56 Å². The molecule has 0 heterocycles. The Labute approximate surface area is 198 Å². The Balaban J connectivity index is 1.29. The molecule has 3 aromatic carbocycles.